The van der Waals surface area contributed by atoms with Crippen LogP contribution in [0.2, 0.25) is 5.02 Å². The highest BCUT2D eigenvalue weighted by Gasteiger charge is 2.12. The highest BCUT2D eigenvalue weighted by molar-refractivity contribution is 7.17. The summed E-state index contributed by atoms with van der Waals surface area (Å²) >= 11 is 9.15. The monoisotopic (exact) mass is 336 g/mol. The van der Waals surface area contributed by atoms with Gasteiger partial charge >= 0.3 is 0 Å². The van der Waals surface area contributed by atoms with Gasteiger partial charge < -0.3 is 4.57 Å². The van der Waals surface area contributed by atoms with Gasteiger partial charge in [0, 0.05) is 6.54 Å². The van der Waals surface area contributed by atoms with Crippen LogP contribution in [0.4, 0.5) is 0 Å². The average Bonchev–Trinajstić information content (AvgIpc) is 3.10. The number of carbonyl (C=O) groups excluding carboxylic acids is 1. The fourth-order valence-corrected chi connectivity index (χ4v) is 4.29. The first-order valence-electron chi connectivity index (χ1n) is 6.52. The Labute approximate surface area is 135 Å². The standard InChI is InChI=1S/C15H13ClN2OS2/c1-3-18-12-9(2)6-7-10(16)13(12)21-15(18)17-14(19)11-5-4-8-20-11/h4-8H,3H2,1-2H3. The third kappa shape index (κ3) is 2.57. The van der Waals surface area contributed by atoms with Crippen LogP contribution < -0.4 is 4.80 Å². The Morgan fingerprint density at radius 2 is 2.19 bits per heavy atom. The van der Waals surface area contributed by atoms with Gasteiger partial charge in [0.25, 0.3) is 5.91 Å². The lowest BCUT2D eigenvalue weighted by atomic mass is 10.2. The third-order valence-corrected chi connectivity index (χ3v) is 5.62. The minimum atomic E-state index is -0.201. The number of aryl methyl sites for hydroxylation is 2. The van der Waals surface area contributed by atoms with Crippen LogP contribution in [0.1, 0.15) is 22.2 Å². The van der Waals surface area contributed by atoms with E-state index in [1.807, 2.05) is 42.0 Å². The third-order valence-electron chi connectivity index (χ3n) is 3.22. The molecular weight excluding hydrogens is 324 g/mol. The molecule has 3 rings (SSSR count). The molecule has 0 unspecified atom stereocenters. The van der Waals surface area contributed by atoms with E-state index in [0.29, 0.717) is 14.7 Å². The molecule has 0 saturated heterocycles. The number of amides is 1. The average molecular weight is 337 g/mol. The normalized spacial score (nSPS) is 12.2. The maximum Gasteiger partial charge on any atom is 0.289 e. The molecule has 108 valence electrons. The van der Waals surface area contributed by atoms with E-state index >= 15 is 0 Å². The number of aromatic nitrogens is 1. The lowest BCUT2D eigenvalue weighted by Gasteiger charge is -2.03. The van der Waals surface area contributed by atoms with Gasteiger partial charge in [-0.2, -0.15) is 4.99 Å². The van der Waals surface area contributed by atoms with Crippen molar-refractivity contribution in [2.24, 2.45) is 4.99 Å². The summed E-state index contributed by atoms with van der Waals surface area (Å²) in [5, 5.41) is 2.58. The summed E-state index contributed by atoms with van der Waals surface area (Å²) in [6.07, 6.45) is 0. The Morgan fingerprint density at radius 3 is 2.86 bits per heavy atom. The van der Waals surface area contributed by atoms with Crippen molar-refractivity contribution in [3.63, 3.8) is 0 Å². The molecular formula is C15H13ClN2OS2. The number of carbonyl (C=O) groups is 1. The van der Waals surface area contributed by atoms with Crippen molar-refractivity contribution >= 4 is 50.4 Å². The largest absolute Gasteiger partial charge is 0.316 e. The second-order valence-corrected chi connectivity index (χ2v) is 6.90. The predicted octanol–water partition coefficient (Wildman–Crippen LogP) is 4.49. The number of hydrogen-bond acceptors (Lipinski definition) is 3. The quantitative estimate of drug-likeness (QED) is 0.679. The van der Waals surface area contributed by atoms with E-state index in [1.54, 1.807) is 6.07 Å². The van der Waals surface area contributed by atoms with Crippen LogP contribution in [0.3, 0.4) is 0 Å². The van der Waals surface area contributed by atoms with Crippen LogP contribution in [-0.2, 0) is 6.54 Å². The molecule has 1 aromatic carbocycles. The second-order valence-electron chi connectivity index (χ2n) is 4.57. The summed E-state index contributed by atoms with van der Waals surface area (Å²) in [4.78, 5) is 17.8. The zero-order valence-corrected chi connectivity index (χ0v) is 14.0. The van der Waals surface area contributed by atoms with Crippen LogP contribution in [0.5, 0.6) is 0 Å². The minimum Gasteiger partial charge on any atom is -0.316 e. The fraction of sp³-hybridized carbons (Fsp3) is 0.200. The van der Waals surface area contributed by atoms with Crippen molar-refractivity contribution in [2.75, 3.05) is 0 Å². The van der Waals surface area contributed by atoms with Gasteiger partial charge in [0.05, 0.1) is 20.1 Å². The number of benzene rings is 1. The molecule has 0 saturated carbocycles. The smallest absolute Gasteiger partial charge is 0.289 e. The number of rotatable bonds is 2. The molecule has 0 aliphatic rings. The zero-order chi connectivity index (χ0) is 15.0. The van der Waals surface area contributed by atoms with Crippen molar-refractivity contribution in [3.8, 4) is 0 Å². The fourth-order valence-electron chi connectivity index (χ4n) is 2.24. The Balaban J connectivity index is 2.26. The van der Waals surface area contributed by atoms with Crippen LogP contribution in [0.25, 0.3) is 10.2 Å². The summed E-state index contributed by atoms with van der Waals surface area (Å²) in [7, 11) is 0. The van der Waals surface area contributed by atoms with Crippen molar-refractivity contribution in [3.05, 3.63) is 49.9 Å². The second kappa shape index (κ2) is 5.75. The zero-order valence-electron chi connectivity index (χ0n) is 11.6. The number of thiophene rings is 1. The van der Waals surface area contributed by atoms with Crippen LogP contribution in [0.15, 0.2) is 34.6 Å². The summed E-state index contributed by atoms with van der Waals surface area (Å²) < 4.78 is 3.03. The first kappa shape index (κ1) is 14.5. The molecule has 0 atom stereocenters. The Kier molecular flexibility index (Phi) is 3.97. The van der Waals surface area contributed by atoms with E-state index < -0.39 is 0 Å². The van der Waals surface area contributed by atoms with Gasteiger partial charge in [-0.1, -0.05) is 35.1 Å². The van der Waals surface area contributed by atoms with Crippen molar-refractivity contribution in [1.82, 2.24) is 4.57 Å². The Hall–Kier alpha value is -1.43. The molecule has 3 nitrogen and oxygen atoms in total. The molecule has 0 aliphatic carbocycles. The summed E-state index contributed by atoms with van der Waals surface area (Å²) in [6, 6.07) is 7.53. The molecule has 2 aromatic heterocycles. The molecule has 0 N–H and O–H groups in total. The van der Waals surface area contributed by atoms with Gasteiger partial charge in [-0.25, -0.2) is 0 Å². The van der Waals surface area contributed by atoms with Gasteiger partial charge in [0.2, 0.25) is 0 Å². The predicted molar refractivity (Wildman–Crippen MR) is 89.4 cm³/mol. The van der Waals surface area contributed by atoms with E-state index in [2.05, 4.69) is 4.99 Å². The van der Waals surface area contributed by atoms with Gasteiger partial charge in [0.1, 0.15) is 0 Å². The van der Waals surface area contributed by atoms with Gasteiger partial charge in [-0.3, -0.25) is 4.79 Å². The Bertz CT molecular complexity index is 875. The van der Waals surface area contributed by atoms with E-state index in [-0.39, 0.29) is 5.91 Å². The van der Waals surface area contributed by atoms with Crippen molar-refractivity contribution in [2.45, 2.75) is 20.4 Å². The molecule has 1 amide bonds. The van der Waals surface area contributed by atoms with E-state index in [1.165, 1.54) is 22.7 Å². The maximum atomic E-state index is 12.2. The van der Waals surface area contributed by atoms with E-state index in [0.717, 1.165) is 22.3 Å². The lowest BCUT2D eigenvalue weighted by molar-refractivity contribution is 0.100. The number of hydrogen-bond donors (Lipinski definition) is 0. The highest BCUT2D eigenvalue weighted by atomic mass is 35.5. The molecule has 3 aromatic rings. The molecule has 0 bridgehead atoms. The van der Waals surface area contributed by atoms with E-state index in [4.69, 9.17) is 11.6 Å². The van der Waals surface area contributed by atoms with Crippen LogP contribution in [0, 0.1) is 6.92 Å². The van der Waals surface area contributed by atoms with Gasteiger partial charge in [0.15, 0.2) is 4.80 Å². The topological polar surface area (TPSA) is 34.4 Å². The molecule has 2 heterocycles. The summed E-state index contributed by atoms with van der Waals surface area (Å²) in [5.41, 5.74) is 2.20. The molecule has 6 heteroatoms. The van der Waals surface area contributed by atoms with Gasteiger partial charge in [-0.15, -0.1) is 11.3 Å². The van der Waals surface area contributed by atoms with E-state index in [9.17, 15) is 4.79 Å². The van der Waals surface area contributed by atoms with Crippen LogP contribution >= 0.6 is 34.3 Å². The Morgan fingerprint density at radius 1 is 1.38 bits per heavy atom. The number of nitrogens with zero attached hydrogens (tertiary/aromatic N) is 2. The summed E-state index contributed by atoms with van der Waals surface area (Å²) in [5.74, 6) is -0.201. The molecule has 0 spiro atoms. The molecule has 0 radical (unpaired) electrons. The van der Waals surface area contributed by atoms with Crippen molar-refractivity contribution < 1.29 is 4.79 Å². The molecule has 21 heavy (non-hydrogen) atoms. The van der Waals surface area contributed by atoms with Crippen LogP contribution in [-0.4, -0.2) is 10.5 Å². The highest BCUT2D eigenvalue weighted by Crippen LogP contribution is 2.28. The van der Waals surface area contributed by atoms with Gasteiger partial charge in [-0.05, 0) is 36.9 Å². The SMILES string of the molecule is CCn1c(=NC(=O)c2cccs2)sc2c(Cl)ccc(C)c21. The minimum absolute atomic E-state index is 0.201. The summed E-state index contributed by atoms with van der Waals surface area (Å²) in [6.45, 7) is 4.83. The number of thiazole rings is 1. The molecule has 0 fully saturated rings. The van der Waals surface area contributed by atoms with Crippen molar-refractivity contribution in [1.29, 1.82) is 0 Å². The first-order valence-corrected chi connectivity index (χ1v) is 8.60. The number of halogens is 1. The molecule has 0 aliphatic heterocycles. The lowest BCUT2D eigenvalue weighted by Crippen LogP contribution is -2.16. The maximum absolute atomic E-state index is 12.2. The number of fused-ring (bicyclic) bond motifs is 1. The first-order chi connectivity index (χ1) is 10.1.